The third kappa shape index (κ3) is 8.72. The molecule has 0 saturated carbocycles. The van der Waals surface area contributed by atoms with Gasteiger partial charge in [0.1, 0.15) is 11.3 Å². The van der Waals surface area contributed by atoms with E-state index in [2.05, 4.69) is 5.32 Å². The van der Waals surface area contributed by atoms with Crippen LogP contribution in [0.2, 0.25) is 0 Å². The number of hydrogen-bond acceptors (Lipinski definition) is 8. The van der Waals surface area contributed by atoms with Gasteiger partial charge in [0.15, 0.2) is 0 Å². The molecule has 0 unspecified atom stereocenters. The molecule has 10 nitrogen and oxygen atoms in total. The van der Waals surface area contributed by atoms with Crippen LogP contribution < -0.4 is 20.6 Å². The molecule has 0 aliphatic carbocycles. The number of anilines is 1. The van der Waals surface area contributed by atoms with Crippen LogP contribution in [0.5, 0.6) is 5.75 Å². The number of nitrogens with zero attached hydrogens (tertiary/aromatic N) is 2. The third-order valence-corrected chi connectivity index (χ3v) is 9.29. The number of nitrogens with one attached hydrogen (secondary N) is 1. The predicted molar refractivity (Wildman–Crippen MR) is 175 cm³/mol. The van der Waals surface area contributed by atoms with Crippen molar-refractivity contribution in [1.82, 2.24) is 9.62 Å². The van der Waals surface area contributed by atoms with Crippen molar-refractivity contribution >= 4 is 32.6 Å². The Hall–Kier alpha value is -4.19. The highest BCUT2D eigenvalue weighted by atomic mass is 32.2. The van der Waals surface area contributed by atoms with Gasteiger partial charge in [0, 0.05) is 50.4 Å². The first-order chi connectivity index (χ1) is 21.4. The van der Waals surface area contributed by atoms with Gasteiger partial charge in [-0.25, -0.2) is 13.2 Å². The van der Waals surface area contributed by atoms with Crippen molar-refractivity contribution in [3.63, 3.8) is 0 Å². The van der Waals surface area contributed by atoms with E-state index in [4.69, 9.17) is 9.15 Å². The minimum atomic E-state index is -3.98. The van der Waals surface area contributed by atoms with Crippen LogP contribution in [-0.4, -0.2) is 70.2 Å². The summed E-state index contributed by atoms with van der Waals surface area (Å²) in [5, 5.41) is 15.1. The van der Waals surface area contributed by atoms with Crippen molar-refractivity contribution in [3.8, 4) is 5.75 Å². The van der Waals surface area contributed by atoms with E-state index in [9.17, 15) is 23.1 Å². The summed E-state index contributed by atoms with van der Waals surface area (Å²) in [5.41, 5.74) is 1.98. The lowest BCUT2D eigenvalue weighted by Crippen LogP contribution is -2.51. The lowest BCUT2D eigenvalue weighted by atomic mass is 10.00. The number of hydrogen-bond donors (Lipinski definition) is 2. The molecule has 1 aromatic heterocycles. The van der Waals surface area contributed by atoms with Crippen LogP contribution in [0.3, 0.4) is 0 Å². The monoisotopic (exact) mass is 635 g/mol. The number of carbonyl (C=O) groups is 1. The Morgan fingerprint density at radius 2 is 1.67 bits per heavy atom. The van der Waals surface area contributed by atoms with E-state index < -0.39 is 33.7 Å². The lowest BCUT2D eigenvalue weighted by molar-refractivity contribution is -0.122. The Morgan fingerprint density at radius 1 is 0.978 bits per heavy atom. The molecule has 4 aromatic rings. The van der Waals surface area contributed by atoms with Gasteiger partial charge in [-0.15, -0.1) is 0 Å². The quantitative estimate of drug-likeness (QED) is 0.200. The highest BCUT2D eigenvalue weighted by Gasteiger charge is 2.31. The molecule has 0 bridgehead atoms. The predicted octanol–water partition coefficient (Wildman–Crippen LogP) is 3.85. The van der Waals surface area contributed by atoms with Gasteiger partial charge in [-0.3, -0.25) is 4.79 Å². The number of rotatable bonds is 14. The zero-order valence-electron chi connectivity index (χ0n) is 26.3. The Morgan fingerprint density at radius 3 is 2.29 bits per heavy atom. The summed E-state index contributed by atoms with van der Waals surface area (Å²) >= 11 is 0. The van der Waals surface area contributed by atoms with E-state index in [0.717, 1.165) is 11.3 Å². The number of sulfonamides is 1. The Kier molecular flexibility index (Phi) is 11.0. The number of carbonyl (C=O) groups excluding carboxylic acids is 1. The first kappa shape index (κ1) is 33.7. The molecule has 2 N–H and O–H groups in total. The number of aliphatic hydroxyl groups excluding tert-OH is 1. The molecular weight excluding hydrogens is 594 g/mol. The largest absolute Gasteiger partial charge is 0.497 e. The van der Waals surface area contributed by atoms with E-state index in [1.807, 2.05) is 69.2 Å². The van der Waals surface area contributed by atoms with E-state index in [-0.39, 0.29) is 36.7 Å². The average molecular weight is 636 g/mol. The molecule has 0 fully saturated rings. The van der Waals surface area contributed by atoms with Gasteiger partial charge < -0.3 is 24.5 Å². The smallest absolute Gasteiger partial charge is 0.336 e. The molecule has 45 heavy (non-hydrogen) atoms. The molecule has 4 rings (SSSR count). The molecule has 240 valence electrons. The molecule has 1 heterocycles. The number of fused-ring (bicyclic) bond motifs is 1. The fourth-order valence-corrected chi connectivity index (χ4v) is 6.76. The van der Waals surface area contributed by atoms with Crippen LogP contribution in [0.15, 0.2) is 93.0 Å². The van der Waals surface area contributed by atoms with Gasteiger partial charge in [-0.05, 0) is 59.9 Å². The second-order valence-corrected chi connectivity index (χ2v) is 13.6. The fraction of sp³-hybridized carbons (Fsp3) is 0.353. The normalized spacial score (nSPS) is 13.2. The molecule has 0 spiro atoms. The average Bonchev–Trinajstić information content (AvgIpc) is 3.00. The highest BCUT2D eigenvalue weighted by molar-refractivity contribution is 7.89. The van der Waals surface area contributed by atoms with Gasteiger partial charge in [-0.1, -0.05) is 44.2 Å². The van der Waals surface area contributed by atoms with E-state index >= 15 is 0 Å². The van der Waals surface area contributed by atoms with Crippen LogP contribution in [0.25, 0.3) is 11.0 Å². The van der Waals surface area contributed by atoms with Gasteiger partial charge in [0.25, 0.3) is 0 Å². The summed E-state index contributed by atoms with van der Waals surface area (Å²) in [6, 6.07) is 21.3. The maximum absolute atomic E-state index is 13.7. The van der Waals surface area contributed by atoms with Crippen LogP contribution in [-0.2, 0) is 27.7 Å². The fourth-order valence-electron chi connectivity index (χ4n) is 5.14. The van der Waals surface area contributed by atoms with Crippen molar-refractivity contribution < 1.29 is 27.5 Å². The van der Waals surface area contributed by atoms with Crippen molar-refractivity contribution in [1.29, 1.82) is 0 Å². The maximum Gasteiger partial charge on any atom is 0.336 e. The van der Waals surface area contributed by atoms with E-state index in [0.29, 0.717) is 22.3 Å². The molecule has 2 atom stereocenters. The van der Waals surface area contributed by atoms with E-state index in [1.165, 1.54) is 29.6 Å². The Bertz CT molecular complexity index is 1750. The van der Waals surface area contributed by atoms with Gasteiger partial charge >= 0.3 is 5.63 Å². The maximum atomic E-state index is 13.7. The Balaban J connectivity index is 1.60. The third-order valence-electron chi connectivity index (χ3n) is 7.45. The van der Waals surface area contributed by atoms with E-state index in [1.54, 1.807) is 24.3 Å². The summed E-state index contributed by atoms with van der Waals surface area (Å²) in [4.78, 5) is 27.8. The van der Waals surface area contributed by atoms with Crippen molar-refractivity contribution in [2.24, 2.45) is 5.92 Å². The van der Waals surface area contributed by atoms with Crippen molar-refractivity contribution in [2.75, 3.05) is 39.2 Å². The Labute approximate surface area is 264 Å². The number of methoxy groups -OCH3 is 1. The summed E-state index contributed by atoms with van der Waals surface area (Å²) in [6.07, 6.45) is -1.13. The number of benzene rings is 3. The topological polar surface area (TPSA) is 129 Å². The second-order valence-electron chi connectivity index (χ2n) is 11.7. The zero-order valence-corrected chi connectivity index (χ0v) is 27.1. The first-order valence-electron chi connectivity index (χ1n) is 14.8. The summed E-state index contributed by atoms with van der Waals surface area (Å²) in [6.45, 7) is 3.72. The van der Waals surface area contributed by atoms with Crippen LogP contribution in [0, 0.1) is 5.92 Å². The number of ether oxygens (including phenoxy) is 1. The molecule has 0 aliphatic rings. The SMILES string of the molecule is COc1ccc(S(=O)(=O)N(CC(C)C)C[C@@H](O)[C@H](Cc2ccccc2)NC(=O)Cc2cc(=O)oc3cc(N(C)C)ccc23)cc1. The summed E-state index contributed by atoms with van der Waals surface area (Å²) in [5.74, 6) is 0.0718. The second kappa shape index (κ2) is 14.7. The van der Waals surface area contributed by atoms with Gasteiger partial charge in [0.2, 0.25) is 15.9 Å². The summed E-state index contributed by atoms with van der Waals surface area (Å²) < 4.78 is 39.3. The number of amides is 1. The molecule has 1 amide bonds. The van der Waals surface area contributed by atoms with Gasteiger partial charge in [0.05, 0.1) is 30.6 Å². The highest BCUT2D eigenvalue weighted by Crippen LogP contribution is 2.24. The zero-order chi connectivity index (χ0) is 32.7. The standard InChI is InChI=1S/C34H41N3O7S/c1-23(2)21-37(45(41,42)28-14-12-27(43-5)13-15-28)22-31(38)30(17-24-9-7-6-8-10-24)35-33(39)18-25-19-34(40)44-32-20-26(36(3)4)11-16-29(25)32/h6-16,19-20,23,30-31,38H,17-18,21-22H2,1-5H3,(H,35,39)/t30-,31+/m0/s1. The van der Waals surface area contributed by atoms with Gasteiger partial charge in [-0.2, -0.15) is 4.31 Å². The minimum absolute atomic E-state index is 0.0292. The number of aliphatic hydroxyl groups is 1. The minimum Gasteiger partial charge on any atom is -0.497 e. The summed E-state index contributed by atoms with van der Waals surface area (Å²) in [7, 11) is 1.27. The lowest BCUT2D eigenvalue weighted by Gasteiger charge is -2.31. The van der Waals surface area contributed by atoms with Crippen LogP contribution in [0.4, 0.5) is 5.69 Å². The van der Waals surface area contributed by atoms with Crippen LogP contribution >= 0.6 is 0 Å². The molecule has 0 radical (unpaired) electrons. The van der Waals surface area contributed by atoms with Crippen molar-refractivity contribution in [3.05, 3.63) is 100 Å². The molecule has 0 saturated heterocycles. The molecule has 0 aliphatic heterocycles. The molecular formula is C34H41N3O7S. The first-order valence-corrected chi connectivity index (χ1v) is 16.2. The molecule has 3 aromatic carbocycles. The van der Waals surface area contributed by atoms with Crippen molar-refractivity contribution in [2.45, 2.75) is 43.7 Å². The van der Waals surface area contributed by atoms with Crippen LogP contribution in [0.1, 0.15) is 25.0 Å². The molecule has 11 heteroatoms.